The van der Waals surface area contributed by atoms with Gasteiger partial charge in [-0.1, -0.05) is 31.1 Å². The van der Waals surface area contributed by atoms with Crippen molar-refractivity contribution in [2.75, 3.05) is 18.4 Å². The molecule has 10 heteroatoms. The summed E-state index contributed by atoms with van der Waals surface area (Å²) in [5.74, 6) is 2.50. The van der Waals surface area contributed by atoms with Gasteiger partial charge in [-0.2, -0.15) is 9.30 Å². The molecular formula is C26H28N4O4S2. The summed E-state index contributed by atoms with van der Waals surface area (Å²) < 4.78 is 30.4. The fourth-order valence-electron chi connectivity index (χ4n) is 4.56. The fourth-order valence-corrected chi connectivity index (χ4v) is 7.30. The smallest absolute Gasteiger partial charge is 0.279 e. The molecule has 1 aliphatic heterocycles. The number of carbonyl (C=O) groups excluding carboxylic acids is 2. The highest BCUT2D eigenvalue weighted by Gasteiger charge is 2.31. The number of sulfonamides is 1. The monoisotopic (exact) mass is 524 g/mol. The van der Waals surface area contributed by atoms with E-state index >= 15 is 0 Å². The molecule has 2 aromatic carbocycles. The molecule has 2 unspecified atom stereocenters. The molecule has 8 nitrogen and oxygen atoms in total. The maximum atomic E-state index is 13.1. The third kappa shape index (κ3) is 5.43. The third-order valence-corrected chi connectivity index (χ3v) is 8.91. The van der Waals surface area contributed by atoms with Gasteiger partial charge in [0.05, 0.1) is 21.7 Å². The molecule has 1 aromatic heterocycles. The van der Waals surface area contributed by atoms with Gasteiger partial charge >= 0.3 is 0 Å². The molecule has 1 fully saturated rings. The highest BCUT2D eigenvalue weighted by molar-refractivity contribution is 7.89. The van der Waals surface area contributed by atoms with Crippen LogP contribution in [0, 0.1) is 24.2 Å². The van der Waals surface area contributed by atoms with Gasteiger partial charge in [0.1, 0.15) is 0 Å². The van der Waals surface area contributed by atoms with Gasteiger partial charge in [0, 0.05) is 31.3 Å². The van der Waals surface area contributed by atoms with Crippen LogP contribution >= 0.6 is 11.3 Å². The lowest BCUT2D eigenvalue weighted by atomic mass is 9.94. The first kappa shape index (κ1) is 25.8. The van der Waals surface area contributed by atoms with Crippen LogP contribution in [0.15, 0.2) is 52.4 Å². The van der Waals surface area contributed by atoms with Crippen molar-refractivity contribution >= 4 is 49.1 Å². The molecule has 0 saturated carbocycles. The van der Waals surface area contributed by atoms with Crippen molar-refractivity contribution in [1.82, 2.24) is 8.87 Å². The van der Waals surface area contributed by atoms with Gasteiger partial charge in [0.25, 0.3) is 5.91 Å². The number of nitrogens with zero attached hydrogens (tertiary/aromatic N) is 3. The highest BCUT2D eigenvalue weighted by Crippen LogP contribution is 2.27. The largest absolute Gasteiger partial charge is 0.326 e. The summed E-state index contributed by atoms with van der Waals surface area (Å²) in [5.41, 5.74) is 1.71. The molecule has 0 aliphatic carbocycles. The Bertz CT molecular complexity index is 1520. The first-order chi connectivity index (χ1) is 17.1. The van der Waals surface area contributed by atoms with E-state index in [1.165, 1.54) is 46.8 Å². The Balaban J connectivity index is 1.64. The van der Waals surface area contributed by atoms with Crippen LogP contribution in [0.5, 0.6) is 0 Å². The second-order valence-corrected chi connectivity index (χ2v) is 12.2. The van der Waals surface area contributed by atoms with Crippen LogP contribution in [0.4, 0.5) is 5.69 Å². The van der Waals surface area contributed by atoms with Gasteiger partial charge in [-0.15, -0.1) is 6.42 Å². The lowest BCUT2D eigenvalue weighted by Gasteiger charge is -2.34. The Kier molecular flexibility index (Phi) is 7.45. The van der Waals surface area contributed by atoms with E-state index < -0.39 is 15.9 Å². The van der Waals surface area contributed by atoms with Crippen molar-refractivity contribution in [3.63, 3.8) is 0 Å². The number of benzene rings is 2. The summed E-state index contributed by atoms with van der Waals surface area (Å²) in [7, 11) is -3.64. The van der Waals surface area contributed by atoms with Gasteiger partial charge in [-0.3, -0.25) is 9.59 Å². The lowest BCUT2D eigenvalue weighted by Crippen LogP contribution is -2.42. The second-order valence-electron chi connectivity index (χ2n) is 9.25. The quantitative estimate of drug-likeness (QED) is 0.514. The zero-order valence-electron chi connectivity index (χ0n) is 20.4. The number of aromatic nitrogens is 1. The first-order valence-corrected chi connectivity index (χ1v) is 13.9. The van der Waals surface area contributed by atoms with Crippen LogP contribution in [0.25, 0.3) is 10.2 Å². The van der Waals surface area contributed by atoms with E-state index in [1.807, 2.05) is 6.07 Å². The Morgan fingerprint density at radius 1 is 1.14 bits per heavy atom. The molecule has 1 saturated heterocycles. The highest BCUT2D eigenvalue weighted by atomic mass is 32.2. The lowest BCUT2D eigenvalue weighted by molar-refractivity contribution is -0.114. The number of fused-ring (bicyclic) bond motifs is 1. The van der Waals surface area contributed by atoms with Crippen molar-refractivity contribution < 1.29 is 18.0 Å². The van der Waals surface area contributed by atoms with Crippen LogP contribution < -0.4 is 10.1 Å². The summed E-state index contributed by atoms with van der Waals surface area (Å²) in [4.78, 5) is 29.2. The molecular weight excluding hydrogens is 496 g/mol. The minimum Gasteiger partial charge on any atom is -0.326 e. The van der Waals surface area contributed by atoms with E-state index in [0.717, 1.165) is 16.6 Å². The number of anilines is 1. The summed E-state index contributed by atoms with van der Waals surface area (Å²) in [6.45, 7) is 6.75. The van der Waals surface area contributed by atoms with E-state index in [4.69, 9.17) is 6.42 Å². The number of terminal acetylenes is 1. The number of thiazole rings is 1. The Labute approximate surface area is 214 Å². The number of amides is 2. The maximum Gasteiger partial charge on any atom is 0.279 e. The van der Waals surface area contributed by atoms with E-state index in [0.29, 0.717) is 35.4 Å². The summed E-state index contributed by atoms with van der Waals surface area (Å²) in [6.07, 6.45) is 6.55. The molecule has 0 spiro atoms. The maximum absolute atomic E-state index is 13.1. The molecule has 36 heavy (non-hydrogen) atoms. The zero-order valence-corrected chi connectivity index (χ0v) is 22.0. The molecule has 4 rings (SSSR count). The van der Waals surface area contributed by atoms with E-state index in [9.17, 15) is 18.0 Å². The minimum atomic E-state index is -3.64. The normalized spacial score (nSPS) is 19.2. The number of piperidine rings is 1. The van der Waals surface area contributed by atoms with Crippen molar-refractivity contribution in [2.24, 2.45) is 16.8 Å². The van der Waals surface area contributed by atoms with Gasteiger partial charge < -0.3 is 9.88 Å². The standard InChI is InChI=1S/C26H28N4O4S2/c1-5-12-30-23-11-8-21(27-19(4)31)14-24(23)35-26(30)28-25(32)20-6-9-22(10-7-20)36(33,34)29-15-17(2)13-18(3)16-29/h1,6-11,14,17-18H,12-13,15-16H2,2-4H3,(H,27,31). The first-order valence-electron chi connectivity index (χ1n) is 11.6. The molecule has 2 atom stereocenters. The zero-order chi connectivity index (χ0) is 26.0. The van der Waals surface area contributed by atoms with Gasteiger partial charge in [0.2, 0.25) is 15.9 Å². The average molecular weight is 525 g/mol. The number of carbonyl (C=O) groups is 2. The molecule has 1 N–H and O–H groups in total. The SMILES string of the molecule is C#CCn1c(=NC(=O)c2ccc(S(=O)(=O)N3CC(C)CC(C)C3)cc2)sc2cc(NC(C)=O)ccc21. The molecule has 0 bridgehead atoms. The molecule has 2 heterocycles. The molecule has 1 aliphatic rings. The minimum absolute atomic E-state index is 0.162. The van der Waals surface area contributed by atoms with Crippen LogP contribution in [-0.4, -0.2) is 42.2 Å². The Morgan fingerprint density at radius 3 is 2.42 bits per heavy atom. The number of nitrogens with one attached hydrogen (secondary N) is 1. The van der Waals surface area contributed by atoms with Crippen LogP contribution in [0.1, 0.15) is 37.6 Å². The average Bonchev–Trinajstić information content (AvgIpc) is 3.14. The van der Waals surface area contributed by atoms with Crippen molar-refractivity contribution in [3.05, 3.63) is 52.8 Å². The molecule has 2 amide bonds. The van der Waals surface area contributed by atoms with Gasteiger partial charge in [-0.25, -0.2) is 8.42 Å². The summed E-state index contributed by atoms with van der Waals surface area (Å²) >= 11 is 1.28. The molecule has 3 aromatic rings. The Hall–Kier alpha value is -3.26. The predicted molar refractivity (Wildman–Crippen MR) is 141 cm³/mol. The molecule has 188 valence electrons. The van der Waals surface area contributed by atoms with Crippen molar-refractivity contribution in [3.8, 4) is 12.3 Å². The topological polar surface area (TPSA) is 101 Å². The van der Waals surface area contributed by atoms with E-state index in [1.54, 1.807) is 16.7 Å². The van der Waals surface area contributed by atoms with Crippen LogP contribution in [0.3, 0.4) is 0 Å². The number of rotatable bonds is 5. The van der Waals surface area contributed by atoms with Crippen LogP contribution in [-0.2, 0) is 21.4 Å². The molecule has 0 radical (unpaired) electrons. The van der Waals surface area contributed by atoms with E-state index in [2.05, 4.69) is 30.1 Å². The summed E-state index contributed by atoms with van der Waals surface area (Å²) in [5, 5.41) is 2.74. The van der Waals surface area contributed by atoms with E-state index in [-0.39, 0.29) is 22.9 Å². The van der Waals surface area contributed by atoms with Crippen molar-refractivity contribution in [2.45, 2.75) is 38.6 Å². The van der Waals surface area contributed by atoms with Crippen LogP contribution in [0.2, 0.25) is 0 Å². The van der Waals surface area contributed by atoms with Gasteiger partial charge in [0.15, 0.2) is 4.80 Å². The van der Waals surface area contributed by atoms with Gasteiger partial charge in [-0.05, 0) is 60.7 Å². The Morgan fingerprint density at radius 2 is 1.81 bits per heavy atom. The van der Waals surface area contributed by atoms with Crippen molar-refractivity contribution in [1.29, 1.82) is 0 Å². The second kappa shape index (κ2) is 10.4. The summed E-state index contributed by atoms with van der Waals surface area (Å²) in [6, 6.07) is 11.3. The number of hydrogen-bond acceptors (Lipinski definition) is 5. The third-order valence-electron chi connectivity index (χ3n) is 6.02. The predicted octanol–water partition coefficient (Wildman–Crippen LogP) is 3.70. The fraction of sp³-hybridized carbons (Fsp3) is 0.346. The number of hydrogen-bond donors (Lipinski definition) is 1.